The summed E-state index contributed by atoms with van der Waals surface area (Å²) < 4.78 is 0. The Hall–Kier alpha value is -1.02. The molecule has 1 aromatic heterocycles. The molecule has 0 aliphatic heterocycles. The Morgan fingerprint density at radius 2 is 2.50 bits per heavy atom. The average Bonchev–Trinajstić information content (AvgIpc) is 2.57. The lowest BCUT2D eigenvalue weighted by molar-refractivity contribution is 0.827. The Balaban J connectivity index is 2.01. The molecule has 5 heteroatoms. The van der Waals surface area contributed by atoms with Crippen LogP contribution in [0, 0.1) is 11.3 Å². The van der Waals surface area contributed by atoms with Gasteiger partial charge in [-0.2, -0.15) is 10.4 Å². The first-order valence-electron chi connectivity index (χ1n) is 3.78. The number of hydrogen-bond donors (Lipinski definition) is 1. The number of rotatable bonds is 5. The first-order valence-corrected chi connectivity index (χ1v) is 4.77. The van der Waals surface area contributed by atoms with E-state index in [9.17, 15) is 0 Å². The maximum atomic E-state index is 8.26. The van der Waals surface area contributed by atoms with Gasteiger partial charge in [-0.25, -0.2) is 4.98 Å². The quantitative estimate of drug-likeness (QED) is 0.554. The van der Waals surface area contributed by atoms with Gasteiger partial charge in [0.2, 0.25) is 0 Å². The maximum absolute atomic E-state index is 8.26. The van der Waals surface area contributed by atoms with Crippen LogP contribution in [0.25, 0.3) is 0 Å². The molecule has 0 saturated carbocycles. The largest absolute Gasteiger partial charge is 0.254 e. The summed E-state index contributed by atoms with van der Waals surface area (Å²) in [6, 6.07) is 2.12. The minimum Gasteiger partial charge on any atom is -0.254 e. The zero-order chi connectivity index (χ0) is 8.65. The molecular weight excluding hydrogens is 172 g/mol. The van der Waals surface area contributed by atoms with Gasteiger partial charge in [-0.1, -0.05) is 11.8 Å². The van der Waals surface area contributed by atoms with Crippen LogP contribution < -0.4 is 0 Å². The van der Waals surface area contributed by atoms with Crippen molar-refractivity contribution in [1.29, 1.82) is 5.26 Å². The fourth-order valence-electron chi connectivity index (χ4n) is 0.739. The van der Waals surface area contributed by atoms with E-state index in [1.54, 1.807) is 11.8 Å². The molecule has 0 amide bonds. The van der Waals surface area contributed by atoms with Crippen molar-refractivity contribution in [3.63, 3.8) is 0 Å². The van der Waals surface area contributed by atoms with Crippen molar-refractivity contribution in [1.82, 2.24) is 15.2 Å². The Morgan fingerprint density at radius 1 is 1.58 bits per heavy atom. The number of H-pyrrole nitrogens is 1. The molecule has 1 N–H and O–H groups in total. The van der Waals surface area contributed by atoms with Gasteiger partial charge in [-0.15, -0.1) is 0 Å². The number of aromatic nitrogens is 3. The number of nitrogens with one attached hydrogen (secondary N) is 1. The van der Waals surface area contributed by atoms with Gasteiger partial charge in [-0.05, 0) is 12.8 Å². The van der Waals surface area contributed by atoms with Crippen molar-refractivity contribution in [2.45, 2.75) is 24.4 Å². The summed E-state index contributed by atoms with van der Waals surface area (Å²) in [5, 5.41) is 15.6. The Kier molecular flexibility index (Phi) is 4.24. The summed E-state index contributed by atoms with van der Waals surface area (Å²) in [5.41, 5.74) is 0. The molecular formula is C7H10N4S. The lowest BCUT2D eigenvalue weighted by Crippen LogP contribution is -1.81. The second-order valence-electron chi connectivity index (χ2n) is 2.25. The number of nitriles is 1. The topological polar surface area (TPSA) is 65.4 Å². The fraction of sp³-hybridized carbons (Fsp3) is 0.571. The summed E-state index contributed by atoms with van der Waals surface area (Å²) in [6.07, 6.45) is 4.17. The zero-order valence-corrected chi connectivity index (χ0v) is 7.47. The molecule has 0 atom stereocenters. The molecule has 0 bridgehead atoms. The Morgan fingerprint density at radius 3 is 3.17 bits per heavy atom. The molecule has 4 nitrogen and oxygen atoms in total. The summed E-state index contributed by atoms with van der Waals surface area (Å²) in [6.45, 7) is 0. The number of thioether (sulfide) groups is 1. The van der Waals surface area contributed by atoms with Crippen LogP contribution in [0.5, 0.6) is 0 Å². The monoisotopic (exact) mass is 182 g/mol. The number of unbranched alkanes of at least 4 members (excludes halogenated alkanes) is 2. The summed E-state index contributed by atoms with van der Waals surface area (Å²) in [4.78, 5) is 3.97. The molecule has 12 heavy (non-hydrogen) atoms. The second kappa shape index (κ2) is 5.61. The van der Waals surface area contributed by atoms with Gasteiger partial charge in [-0.3, -0.25) is 5.10 Å². The van der Waals surface area contributed by atoms with Gasteiger partial charge in [0, 0.05) is 12.2 Å². The highest BCUT2D eigenvalue weighted by molar-refractivity contribution is 7.99. The molecule has 0 radical (unpaired) electrons. The van der Waals surface area contributed by atoms with Gasteiger partial charge in [0.05, 0.1) is 6.07 Å². The van der Waals surface area contributed by atoms with E-state index in [4.69, 9.17) is 5.26 Å². The third-order valence-corrected chi connectivity index (χ3v) is 2.28. The highest BCUT2D eigenvalue weighted by Crippen LogP contribution is 2.13. The fourth-order valence-corrected chi connectivity index (χ4v) is 1.52. The SMILES string of the molecule is N#CCCCCSc1ncn[nH]1. The normalized spacial score (nSPS) is 9.58. The summed E-state index contributed by atoms with van der Waals surface area (Å²) in [7, 11) is 0. The molecule has 0 aliphatic carbocycles. The zero-order valence-electron chi connectivity index (χ0n) is 6.66. The van der Waals surface area contributed by atoms with E-state index in [0.29, 0.717) is 6.42 Å². The van der Waals surface area contributed by atoms with Crippen LogP contribution in [-0.2, 0) is 0 Å². The standard InChI is InChI=1S/C7H10N4S/c8-4-2-1-3-5-12-7-9-6-10-11-7/h6H,1-3,5H2,(H,9,10,11). The first-order chi connectivity index (χ1) is 5.93. The third kappa shape index (κ3) is 3.39. The highest BCUT2D eigenvalue weighted by atomic mass is 32.2. The van der Waals surface area contributed by atoms with Crippen LogP contribution in [-0.4, -0.2) is 20.9 Å². The van der Waals surface area contributed by atoms with Crippen LogP contribution in [0.1, 0.15) is 19.3 Å². The van der Waals surface area contributed by atoms with E-state index in [1.165, 1.54) is 6.33 Å². The molecule has 0 aromatic carbocycles. The third-order valence-electron chi connectivity index (χ3n) is 1.31. The molecule has 0 fully saturated rings. The van der Waals surface area contributed by atoms with Crippen LogP contribution in [0.2, 0.25) is 0 Å². The highest BCUT2D eigenvalue weighted by Gasteiger charge is 1.95. The summed E-state index contributed by atoms with van der Waals surface area (Å²) in [5.74, 6) is 0.997. The van der Waals surface area contributed by atoms with E-state index in [0.717, 1.165) is 23.8 Å². The number of aromatic amines is 1. The van der Waals surface area contributed by atoms with Crippen LogP contribution in [0.3, 0.4) is 0 Å². The van der Waals surface area contributed by atoms with Crippen molar-refractivity contribution in [2.75, 3.05) is 5.75 Å². The van der Waals surface area contributed by atoms with Gasteiger partial charge < -0.3 is 0 Å². The first kappa shape index (κ1) is 9.07. The van der Waals surface area contributed by atoms with Crippen LogP contribution in [0.4, 0.5) is 0 Å². The minimum atomic E-state index is 0.650. The van der Waals surface area contributed by atoms with Gasteiger partial charge in [0.1, 0.15) is 6.33 Å². The summed E-state index contributed by atoms with van der Waals surface area (Å²) >= 11 is 1.64. The lowest BCUT2D eigenvalue weighted by atomic mass is 10.3. The van der Waals surface area contributed by atoms with Crippen molar-refractivity contribution >= 4 is 11.8 Å². The van der Waals surface area contributed by atoms with E-state index in [2.05, 4.69) is 21.3 Å². The minimum absolute atomic E-state index is 0.650. The van der Waals surface area contributed by atoms with E-state index < -0.39 is 0 Å². The van der Waals surface area contributed by atoms with Crippen molar-refractivity contribution in [3.05, 3.63) is 6.33 Å². The molecule has 0 aliphatic rings. The van der Waals surface area contributed by atoms with Crippen molar-refractivity contribution < 1.29 is 0 Å². The lowest BCUT2D eigenvalue weighted by Gasteiger charge is -1.93. The number of nitrogens with zero attached hydrogens (tertiary/aromatic N) is 3. The second-order valence-corrected chi connectivity index (χ2v) is 3.34. The average molecular weight is 182 g/mol. The van der Waals surface area contributed by atoms with Crippen molar-refractivity contribution in [3.8, 4) is 6.07 Å². The smallest absolute Gasteiger partial charge is 0.183 e. The molecule has 1 aromatic rings. The van der Waals surface area contributed by atoms with E-state index >= 15 is 0 Å². The maximum Gasteiger partial charge on any atom is 0.183 e. The predicted octanol–water partition coefficient (Wildman–Crippen LogP) is 1.59. The molecule has 0 unspecified atom stereocenters. The van der Waals surface area contributed by atoms with Crippen molar-refractivity contribution in [2.24, 2.45) is 0 Å². The molecule has 0 spiro atoms. The molecule has 0 saturated heterocycles. The predicted molar refractivity (Wildman–Crippen MR) is 46.6 cm³/mol. The van der Waals surface area contributed by atoms with Gasteiger partial charge in [0.15, 0.2) is 5.16 Å². The number of hydrogen-bond acceptors (Lipinski definition) is 4. The molecule has 1 heterocycles. The Labute approximate surface area is 75.4 Å². The van der Waals surface area contributed by atoms with E-state index in [1.807, 2.05) is 0 Å². The van der Waals surface area contributed by atoms with Gasteiger partial charge in [0.25, 0.3) is 0 Å². The van der Waals surface area contributed by atoms with Crippen LogP contribution in [0.15, 0.2) is 11.5 Å². The molecule has 64 valence electrons. The van der Waals surface area contributed by atoms with Crippen LogP contribution >= 0.6 is 11.8 Å². The Bertz CT molecular complexity index is 238. The van der Waals surface area contributed by atoms with E-state index in [-0.39, 0.29) is 0 Å². The van der Waals surface area contributed by atoms with Gasteiger partial charge >= 0.3 is 0 Å². The molecule has 1 rings (SSSR count).